The fourth-order valence-electron chi connectivity index (χ4n) is 4.29. The molecule has 0 spiro atoms. The number of imidazole rings is 1. The first-order valence-electron chi connectivity index (χ1n) is 11.7. The molecule has 0 fully saturated rings. The highest BCUT2D eigenvalue weighted by Crippen LogP contribution is 2.29. The summed E-state index contributed by atoms with van der Waals surface area (Å²) in [5.41, 5.74) is 4.28. The van der Waals surface area contributed by atoms with E-state index < -0.39 is 6.36 Å². The van der Waals surface area contributed by atoms with E-state index in [1.165, 1.54) is 12.1 Å². The molecule has 192 valence electrons. The number of halogens is 3. The van der Waals surface area contributed by atoms with Crippen molar-refractivity contribution in [3.05, 3.63) is 96.3 Å². The summed E-state index contributed by atoms with van der Waals surface area (Å²) in [4.78, 5) is 9.91. The molecule has 0 atom stereocenters. The normalized spacial score (nSPS) is 11.9. The quantitative estimate of drug-likeness (QED) is 0.157. The molecule has 0 amide bonds. The summed E-state index contributed by atoms with van der Waals surface area (Å²) in [6.07, 6.45) is -0.649. The van der Waals surface area contributed by atoms with Gasteiger partial charge in [-0.2, -0.15) is 0 Å². The first kappa shape index (κ1) is 25.4. The van der Waals surface area contributed by atoms with Gasteiger partial charge in [0.1, 0.15) is 17.8 Å². The standard InChI is InChI=1S/C29H22F3N3O2S/c1-36-27-5-3-2-4-21(27)15-24(38)17-33-16-19-6-12-25-20(14-19)7-13-26-28(25)34-18-35(26)22-8-10-23(11-9-22)37-29(30,31)32/h2-14,16,18H,15,17H2,1H3. The van der Waals surface area contributed by atoms with E-state index in [4.69, 9.17) is 17.0 Å². The van der Waals surface area contributed by atoms with Crippen LogP contribution in [-0.4, -0.2) is 40.6 Å². The van der Waals surface area contributed by atoms with Crippen LogP contribution in [0.3, 0.4) is 0 Å². The Labute approximate surface area is 222 Å². The van der Waals surface area contributed by atoms with E-state index in [2.05, 4.69) is 14.7 Å². The summed E-state index contributed by atoms with van der Waals surface area (Å²) in [5.74, 6) is 0.542. The fourth-order valence-corrected chi connectivity index (χ4v) is 4.52. The number of alkyl halides is 3. The van der Waals surface area contributed by atoms with E-state index in [1.54, 1.807) is 31.8 Å². The minimum absolute atomic E-state index is 0.272. The third-order valence-corrected chi connectivity index (χ3v) is 6.27. The lowest BCUT2D eigenvalue weighted by molar-refractivity contribution is -0.274. The Morgan fingerprint density at radius 1 is 1.03 bits per heavy atom. The Morgan fingerprint density at radius 3 is 2.58 bits per heavy atom. The van der Waals surface area contributed by atoms with Gasteiger partial charge in [-0.1, -0.05) is 48.6 Å². The molecule has 0 saturated carbocycles. The topological polar surface area (TPSA) is 48.6 Å². The van der Waals surface area contributed by atoms with E-state index in [1.807, 2.05) is 59.2 Å². The number of ether oxygens (including phenoxy) is 2. The summed E-state index contributed by atoms with van der Waals surface area (Å²) in [7, 11) is 1.65. The number of rotatable bonds is 8. The molecule has 38 heavy (non-hydrogen) atoms. The molecule has 0 aliphatic carbocycles. The van der Waals surface area contributed by atoms with Crippen molar-refractivity contribution in [3.8, 4) is 17.2 Å². The molecule has 0 bridgehead atoms. The van der Waals surface area contributed by atoms with Gasteiger partial charge in [0.15, 0.2) is 0 Å². The molecule has 5 rings (SSSR count). The van der Waals surface area contributed by atoms with Crippen molar-refractivity contribution in [1.82, 2.24) is 9.55 Å². The van der Waals surface area contributed by atoms with Gasteiger partial charge in [-0.15, -0.1) is 13.2 Å². The third kappa shape index (κ3) is 5.68. The zero-order chi connectivity index (χ0) is 26.7. The summed E-state index contributed by atoms with van der Waals surface area (Å²) in [6, 6.07) is 23.4. The molecule has 0 unspecified atom stereocenters. The van der Waals surface area contributed by atoms with Crippen LogP contribution in [0.4, 0.5) is 13.2 Å². The maximum absolute atomic E-state index is 12.5. The van der Waals surface area contributed by atoms with E-state index in [-0.39, 0.29) is 5.75 Å². The minimum Gasteiger partial charge on any atom is -0.496 e. The van der Waals surface area contributed by atoms with Crippen LogP contribution >= 0.6 is 12.2 Å². The number of thiocarbonyl (C=S) groups is 1. The third-order valence-electron chi connectivity index (χ3n) is 5.99. The Kier molecular flexibility index (Phi) is 7.11. The average molecular weight is 534 g/mol. The van der Waals surface area contributed by atoms with Crippen LogP contribution in [0.15, 0.2) is 90.2 Å². The predicted octanol–water partition coefficient (Wildman–Crippen LogP) is 7.12. The van der Waals surface area contributed by atoms with E-state index >= 15 is 0 Å². The summed E-state index contributed by atoms with van der Waals surface area (Å²) < 4.78 is 48.5. The Balaban J connectivity index is 1.31. The second-order valence-electron chi connectivity index (χ2n) is 8.57. The monoisotopic (exact) mass is 533 g/mol. The van der Waals surface area contributed by atoms with Crippen LogP contribution in [0.2, 0.25) is 0 Å². The van der Waals surface area contributed by atoms with Crippen molar-refractivity contribution in [2.75, 3.05) is 13.7 Å². The van der Waals surface area contributed by atoms with Gasteiger partial charge >= 0.3 is 6.36 Å². The molecular formula is C29H22F3N3O2S. The molecule has 5 aromatic rings. The zero-order valence-corrected chi connectivity index (χ0v) is 21.1. The van der Waals surface area contributed by atoms with Crippen LogP contribution in [0.5, 0.6) is 11.5 Å². The first-order valence-corrected chi connectivity index (χ1v) is 12.1. The number of aromatic nitrogens is 2. The second-order valence-corrected chi connectivity index (χ2v) is 9.14. The van der Waals surface area contributed by atoms with Gasteiger partial charge in [-0.25, -0.2) is 4.98 Å². The first-order chi connectivity index (χ1) is 18.3. The van der Waals surface area contributed by atoms with Gasteiger partial charge in [0.2, 0.25) is 0 Å². The number of aliphatic imine (C=N–C) groups is 1. The zero-order valence-electron chi connectivity index (χ0n) is 20.3. The highest BCUT2D eigenvalue weighted by molar-refractivity contribution is 7.80. The van der Waals surface area contributed by atoms with Gasteiger partial charge < -0.3 is 9.47 Å². The molecule has 0 aliphatic rings. The smallest absolute Gasteiger partial charge is 0.496 e. The van der Waals surface area contributed by atoms with Crippen molar-refractivity contribution in [3.63, 3.8) is 0 Å². The Morgan fingerprint density at radius 2 is 1.82 bits per heavy atom. The maximum atomic E-state index is 12.5. The molecule has 0 aliphatic heterocycles. The molecule has 0 saturated heterocycles. The van der Waals surface area contributed by atoms with E-state index in [0.29, 0.717) is 18.7 Å². The summed E-state index contributed by atoms with van der Waals surface area (Å²) in [5, 5.41) is 1.96. The number of hydrogen-bond acceptors (Lipinski definition) is 5. The van der Waals surface area contributed by atoms with E-state index in [0.717, 1.165) is 43.5 Å². The van der Waals surface area contributed by atoms with Gasteiger partial charge in [0, 0.05) is 28.6 Å². The van der Waals surface area contributed by atoms with Crippen LogP contribution in [0, 0.1) is 0 Å². The lowest BCUT2D eigenvalue weighted by Crippen LogP contribution is -2.17. The number of hydrogen-bond donors (Lipinski definition) is 0. The number of methoxy groups -OCH3 is 1. The van der Waals surface area contributed by atoms with Gasteiger partial charge in [0.25, 0.3) is 0 Å². The molecule has 0 radical (unpaired) electrons. The molecular weight excluding hydrogens is 511 g/mol. The lowest BCUT2D eigenvalue weighted by atomic mass is 10.1. The summed E-state index contributed by atoms with van der Waals surface area (Å²) in [6.45, 7) is 0.432. The highest BCUT2D eigenvalue weighted by Gasteiger charge is 2.31. The molecule has 4 aromatic carbocycles. The molecule has 9 heteroatoms. The second kappa shape index (κ2) is 10.6. The SMILES string of the molecule is COc1ccccc1CC(=S)CN=Cc1ccc2c(ccc3c2ncn3-c2ccc(OC(F)(F)F)cc2)c1. The van der Waals surface area contributed by atoms with Crippen LogP contribution in [0.1, 0.15) is 11.1 Å². The minimum atomic E-state index is -4.73. The number of para-hydroxylation sites is 1. The largest absolute Gasteiger partial charge is 0.573 e. The van der Waals surface area contributed by atoms with Gasteiger partial charge in [0.05, 0.1) is 24.7 Å². The van der Waals surface area contributed by atoms with Crippen molar-refractivity contribution in [2.24, 2.45) is 4.99 Å². The summed E-state index contributed by atoms with van der Waals surface area (Å²) >= 11 is 5.52. The van der Waals surface area contributed by atoms with Gasteiger partial charge in [-0.3, -0.25) is 9.56 Å². The lowest BCUT2D eigenvalue weighted by Gasteiger charge is -2.10. The van der Waals surface area contributed by atoms with E-state index in [9.17, 15) is 13.2 Å². The van der Waals surface area contributed by atoms with Gasteiger partial charge in [-0.05, 0) is 59.0 Å². The number of nitrogens with zero attached hydrogens (tertiary/aromatic N) is 3. The van der Waals surface area contributed by atoms with Crippen molar-refractivity contribution < 1.29 is 22.6 Å². The number of fused-ring (bicyclic) bond motifs is 3. The molecule has 0 N–H and O–H groups in total. The molecule has 1 aromatic heterocycles. The van der Waals surface area contributed by atoms with Crippen LogP contribution in [-0.2, 0) is 6.42 Å². The van der Waals surface area contributed by atoms with Crippen molar-refractivity contribution in [1.29, 1.82) is 0 Å². The highest BCUT2D eigenvalue weighted by atomic mass is 32.1. The number of benzene rings is 4. The van der Waals surface area contributed by atoms with Crippen molar-refractivity contribution in [2.45, 2.75) is 12.8 Å². The average Bonchev–Trinajstić information content (AvgIpc) is 3.33. The van der Waals surface area contributed by atoms with Crippen LogP contribution in [0.25, 0.3) is 27.5 Å². The Bertz CT molecular complexity index is 1640. The van der Waals surface area contributed by atoms with Crippen molar-refractivity contribution >= 4 is 45.1 Å². The Hall–Kier alpha value is -4.24. The van der Waals surface area contributed by atoms with Crippen LogP contribution < -0.4 is 9.47 Å². The maximum Gasteiger partial charge on any atom is 0.573 e. The predicted molar refractivity (Wildman–Crippen MR) is 147 cm³/mol. The molecule has 5 nitrogen and oxygen atoms in total. The fraction of sp³-hybridized carbons (Fsp3) is 0.138. The molecule has 1 heterocycles.